The molecular formula is C12H9ClN4O. The number of anilines is 1. The van der Waals surface area contributed by atoms with E-state index < -0.39 is 0 Å². The molecule has 1 aromatic carbocycles. The lowest BCUT2D eigenvalue weighted by Crippen LogP contribution is -1.90. The summed E-state index contributed by atoms with van der Waals surface area (Å²) in [5, 5.41) is 4.46. The van der Waals surface area contributed by atoms with Crippen molar-refractivity contribution in [1.82, 2.24) is 15.1 Å². The van der Waals surface area contributed by atoms with Crippen molar-refractivity contribution >= 4 is 17.3 Å². The number of nitrogen functional groups attached to an aromatic ring is 1. The van der Waals surface area contributed by atoms with Crippen LogP contribution in [0.5, 0.6) is 0 Å². The predicted molar refractivity (Wildman–Crippen MR) is 68.9 cm³/mol. The molecule has 0 aliphatic heterocycles. The van der Waals surface area contributed by atoms with Crippen LogP contribution in [-0.2, 0) is 0 Å². The monoisotopic (exact) mass is 260 g/mol. The number of hydrogen-bond donors (Lipinski definition) is 2. The first-order chi connectivity index (χ1) is 8.74. The van der Waals surface area contributed by atoms with Crippen molar-refractivity contribution in [3.8, 4) is 23.0 Å². The van der Waals surface area contributed by atoms with Crippen LogP contribution in [0, 0.1) is 0 Å². The SMILES string of the molecule is Nc1cc(Cl)ccc1-c1nc(-c2ccc[nH]2)no1. The minimum Gasteiger partial charge on any atom is -0.398 e. The van der Waals surface area contributed by atoms with E-state index in [0.29, 0.717) is 28.0 Å². The Morgan fingerprint density at radius 3 is 2.89 bits per heavy atom. The maximum absolute atomic E-state index is 5.86. The van der Waals surface area contributed by atoms with Crippen molar-refractivity contribution in [2.45, 2.75) is 0 Å². The van der Waals surface area contributed by atoms with Gasteiger partial charge in [0.1, 0.15) is 0 Å². The Balaban J connectivity index is 2.03. The first-order valence-corrected chi connectivity index (χ1v) is 5.65. The minimum absolute atomic E-state index is 0.369. The molecule has 0 aliphatic rings. The van der Waals surface area contributed by atoms with Gasteiger partial charge in [-0.3, -0.25) is 0 Å². The van der Waals surface area contributed by atoms with Gasteiger partial charge in [0.25, 0.3) is 5.89 Å². The second-order valence-electron chi connectivity index (χ2n) is 3.74. The molecule has 0 unspecified atom stereocenters. The molecule has 3 rings (SSSR count). The molecule has 0 saturated carbocycles. The Hall–Kier alpha value is -2.27. The molecule has 0 bridgehead atoms. The lowest BCUT2D eigenvalue weighted by Gasteiger charge is -1.99. The van der Waals surface area contributed by atoms with Crippen molar-refractivity contribution in [1.29, 1.82) is 0 Å². The first kappa shape index (κ1) is 10.9. The quantitative estimate of drug-likeness (QED) is 0.694. The molecule has 0 spiro atoms. The summed E-state index contributed by atoms with van der Waals surface area (Å²) in [5.41, 5.74) is 7.83. The van der Waals surface area contributed by atoms with Gasteiger partial charge in [-0.25, -0.2) is 0 Å². The molecule has 0 amide bonds. The van der Waals surface area contributed by atoms with Gasteiger partial charge in [-0.2, -0.15) is 4.98 Å². The van der Waals surface area contributed by atoms with Gasteiger partial charge in [0.15, 0.2) is 0 Å². The van der Waals surface area contributed by atoms with E-state index in [0.717, 1.165) is 5.69 Å². The van der Waals surface area contributed by atoms with Crippen LogP contribution in [0.15, 0.2) is 41.1 Å². The lowest BCUT2D eigenvalue weighted by atomic mass is 10.2. The van der Waals surface area contributed by atoms with E-state index in [1.807, 2.05) is 12.1 Å². The van der Waals surface area contributed by atoms with E-state index in [-0.39, 0.29) is 0 Å². The Kier molecular flexibility index (Phi) is 2.53. The van der Waals surface area contributed by atoms with Gasteiger partial charge in [-0.1, -0.05) is 16.8 Å². The molecule has 3 aromatic rings. The standard InChI is InChI=1S/C12H9ClN4O/c13-7-3-4-8(9(14)6-7)12-16-11(17-18-12)10-2-1-5-15-10/h1-6,15H,14H2. The summed E-state index contributed by atoms with van der Waals surface area (Å²) < 4.78 is 5.19. The number of nitrogens with two attached hydrogens (primary N) is 1. The molecular weight excluding hydrogens is 252 g/mol. The van der Waals surface area contributed by atoms with Crippen molar-refractivity contribution in [3.05, 3.63) is 41.6 Å². The van der Waals surface area contributed by atoms with Crippen LogP contribution >= 0.6 is 11.6 Å². The van der Waals surface area contributed by atoms with Gasteiger partial charge in [-0.15, -0.1) is 0 Å². The second kappa shape index (κ2) is 4.19. The number of halogens is 1. The largest absolute Gasteiger partial charge is 0.398 e. The smallest absolute Gasteiger partial charge is 0.260 e. The first-order valence-electron chi connectivity index (χ1n) is 5.27. The summed E-state index contributed by atoms with van der Waals surface area (Å²) in [7, 11) is 0. The Labute approximate surface area is 108 Å². The Morgan fingerprint density at radius 1 is 1.28 bits per heavy atom. The van der Waals surface area contributed by atoms with E-state index >= 15 is 0 Å². The second-order valence-corrected chi connectivity index (χ2v) is 4.17. The number of H-pyrrole nitrogens is 1. The van der Waals surface area contributed by atoms with Crippen LogP contribution in [0.2, 0.25) is 5.02 Å². The fourth-order valence-corrected chi connectivity index (χ4v) is 1.82. The summed E-state index contributed by atoms with van der Waals surface area (Å²) in [6.45, 7) is 0. The van der Waals surface area contributed by atoms with Crippen LogP contribution in [0.25, 0.3) is 23.0 Å². The van der Waals surface area contributed by atoms with E-state index in [1.165, 1.54) is 0 Å². The van der Waals surface area contributed by atoms with Crippen LogP contribution in [0.4, 0.5) is 5.69 Å². The highest BCUT2D eigenvalue weighted by Crippen LogP contribution is 2.28. The summed E-state index contributed by atoms with van der Waals surface area (Å²) in [6, 6.07) is 8.85. The number of hydrogen-bond acceptors (Lipinski definition) is 4. The van der Waals surface area contributed by atoms with Gasteiger partial charge < -0.3 is 15.2 Å². The van der Waals surface area contributed by atoms with Gasteiger partial charge in [0.2, 0.25) is 5.82 Å². The summed E-state index contributed by atoms with van der Waals surface area (Å²) in [5.74, 6) is 0.859. The average molecular weight is 261 g/mol. The number of benzene rings is 1. The maximum atomic E-state index is 5.86. The zero-order valence-electron chi connectivity index (χ0n) is 9.22. The molecule has 0 saturated heterocycles. The molecule has 6 heteroatoms. The molecule has 2 heterocycles. The zero-order valence-corrected chi connectivity index (χ0v) is 9.98. The summed E-state index contributed by atoms with van der Waals surface area (Å²) in [4.78, 5) is 7.29. The number of rotatable bonds is 2. The molecule has 0 fully saturated rings. The van der Waals surface area contributed by atoms with Crippen molar-refractivity contribution in [2.75, 3.05) is 5.73 Å². The number of nitrogens with zero attached hydrogens (tertiary/aromatic N) is 2. The number of nitrogens with one attached hydrogen (secondary N) is 1. The van der Waals surface area contributed by atoms with Crippen LogP contribution < -0.4 is 5.73 Å². The third kappa shape index (κ3) is 1.84. The molecule has 0 aliphatic carbocycles. The zero-order chi connectivity index (χ0) is 12.5. The Morgan fingerprint density at radius 2 is 2.17 bits per heavy atom. The molecule has 90 valence electrons. The van der Waals surface area contributed by atoms with Gasteiger partial charge in [0.05, 0.1) is 11.3 Å². The van der Waals surface area contributed by atoms with Crippen LogP contribution in [0.3, 0.4) is 0 Å². The predicted octanol–water partition coefficient (Wildman–Crippen LogP) is 2.97. The highest BCUT2D eigenvalue weighted by molar-refractivity contribution is 6.31. The molecule has 18 heavy (non-hydrogen) atoms. The topological polar surface area (TPSA) is 80.7 Å². The van der Waals surface area contributed by atoms with E-state index in [9.17, 15) is 0 Å². The molecule has 0 radical (unpaired) electrons. The molecule has 0 atom stereocenters. The van der Waals surface area contributed by atoms with Crippen molar-refractivity contribution in [2.24, 2.45) is 0 Å². The third-order valence-electron chi connectivity index (χ3n) is 2.51. The minimum atomic E-state index is 0.369. The lowest BCUT2D eigenvalue weighted by molar-refractivity contribution is 0.432. The number of aromatic amines is 1. The van der Waals surface area contributed by atoms with Crippen LogP contribution in [0.1, 0.15) is 0 Å². The summed E-state index contributed by atoms with van der Waals surface area (Å²) >= 11 is 5.84. The van der Waals surface area contributed by atoms with Gasteiger partial charge in [-0.05, 0) is 30.3 Å². The molecule has 5 nitrogen and oxygen atoms in total. The van der Waals surface area contributed by atoms with Crippen molar-refractivity contribution in [3.63, 3.8) is 0 Å². The molecule has 2 aromatic heterocycles. The van der Waals surface area contributed by atoms with E-state index in [2.05, 4.69) is 15.1 Å². The third-order valence-corrected chi connectivity index (χ3v) is 2.74. The van der Waals surface area contributed by atoms with Crippen molar-refractivity contribution < 1.29 is 4.52 Å². The van der Waals surface area contributed by atoms with Crippen LogP contribution in [-0.4, -0.2) is 15.1 Å². The van der Waals surface area contributed by atoms with E-state index in [1.54, 1.807) is 24.4 Å². The normalized spacial score (nSPS) is 10.7. The fraction of sp³-hybridized carbons (Fsp3) is 0. The Bertz CT molecular complexity index is 675. The summed E-state index contributed by atoms with van der Waals surface area (Å²) in [6.07, 6.45) is 1.79. The number of aromatic nitrogens is 3. The van der Waals surface area contributed by atoms with Gasteiger partial charge in [0, 0.05) is 16.9 Å². The average Bonchev–Trinajstić information content (AvgIpc) is 2.99. The highest BCUT2D eigenvalue weighted by atomic mass is 35.5. The van der Waals surface area contributed by atoms with E-state index in [4.69, 9.17) is 21.9 Å². The maximum Gasteiger partial charge on any atom is 0.260 e. The molecule has 3 N–H and O–H groups in total. The fourth-order valence-electron chi connectivity index (χ4n) is 1.64. The van der Waals surface area contributed by atoms with Gasteiger partial charge >= 0.3 is 0 Å². The highest BCUT2D eigenvalue weighted by Gasteiger charge is 2.13.